The Balaban J connectivity index is 1.15. The Kier molecular flexibility index (Phi) is 7.13. The van der Waals surface area contributed by atoms with Gasteiger partial charge in [-0.2, -0.15) is 0 Å². The average molecular weight is 464 g/mol. The van der Waals surface area contributed by atoms with Crippen LogP contribution in [0.3, 0.4) is 0 Å². The monoisotopic (exact) mass is 463 g/mol. The maximum absolute atomic E-state index is 11.1. The van der Waals surface area contributed by atoms with Crippen LogP contribution in [0.5, 0.6) is 17.2 Å². The number of likely N-dealkylation sites (tertiary alicyclic amines) is 1. The van der Waals surface area contributed by atoms with Crippen LogP contribution in [0.15, 0.2) is 48.7 Å². The highest BCUT2D eigenvalue weighted by atomic mass is 16.6. The number of nitrogens with zero attached hydrogens (tertiary/aromatic N) is 2. The Bertz CT molecular complexity index is 1120. The Morgan fingerprint density at radius 1 is 1.15 bits per heavy atom. The number of aliphatic hydroxyl groups excluding tert-OH is 1. The van der Waals surface area contributed by atoms with E-state index in [1.54, 1.807) is 13.3 Å². The molecule has 1 saturated heterocycles. The number of hydrogen-bond donors (Lipinski definition) is 2. The highest BCUT2D eigenvalue weighted by Gasteiger charge is 2.23. The number of ether oxygens (including phenoxy) is 3. The normalized spacial score (nSPS) is 19.2. The third-order valence-electron chi connectivity index (χ3n) is 6.74. The number of β-amino-alcohol motifs (C(OH)–C–C–N with tert-alkyl or cyclic N) is 1. The van der Waals surface area contributed by atoms with Gasteiger partial charge in [-0.05, 0) is 79.4 Å². The van der Waals surface area contributed by atoms with Crippen LogP contribution >= 0.6 is 0 Å². The van der Waals surface area contributed by atoms with Gasteiger partial charge in [-0.3, -0.25) is 4.98 Å². The lowest BCUT2D eigenvalue weighted by Gasteiger charge is -2.34. The molecule has 7 nitrogen and oxygen atoms in total. The molecule has 5 rings (SSSR count). The first-order chi connectivity index (χ1) is 16.7. The van der Waals surface area contributed by atoms with E-state index in [0.29, 0.717) is 25.7 Å². The summed E-state index contributed by atoms with van der Waals surface area (Å²) in [6.07, 6.45) is 3.56. The Hall–Kier alpha value is -2.87. The van der Waals surface area contributed by atoms with Gasteiger partial charge >= 0.3 is 0 Å². The minimum absolute atomic E-state index is 0.562. The molecule has 1 aromatic heterocycles. The van der Waals surface area contributed by atoms with Crippen molar-refractivity contribution in [3.8, 4) is 17.2 Å². The van der Waals surface area contributed by atoms with Gasteiger partial charge in [0, 0.05) is 31.2 Å². The SMILES string of the molecule is COc1ccc2nccc([C@H](O)CN3CCC[C@@H](CNCc4ccc5c(c4)OCCO5)C3)c2c1. The van der Waals surface area contributed by atoms with E-state index >= 15 is 0 Å². The highest BCUT2D eigenvalue weighted by Crippen LogP contribution is 2.31. The summed E-state index contributed by atoms with van der Waals surface area (Å²) in [5.74, 6) is 3.00. The van der Waals surface area contributed by atoms with Crippen LogP contribution in [0, 0.1) is 5.92 Å². The van der Waals surface area contributed by atoms with Crippen molar-refractivity contribution in [1.82, 2.24) is 15.2 Å². The van der Waals surface area contributed by atoms with Gasteiger partial charge in [0.05, 0.1) is 18.7 Å². The zero-order chi connectivity index (χ0) is 23.3. The molecule has 2 aromatic carbocycles. The van der Waals surface area contributed by atoms with E-state index in [-0.39, 0.29) is 0 Å². The fraction of sp³-hybridized carbons (Fsp3) is 0.444. The largest absolute Gasteiger partial charge is 0.497 e. The van der Waals surface area contributed by atoms with Crippen molar-refractivity contribution in [3.63, 3.8) is 0 Å². The fourth-order valence-electron chi connectivity index (χ4n) is 5.01. The van der Waals surface area contributed by atoms with Gasteiger partial charge < -0.3 is 29.5 Å². The predicted octanol–water partition coefficient (Wildman–Crippen LogP) is 3.55. The molecular weight excluding hydrogens is 430 g/mol. The molecule has 0 unspecified atom stereocenters. The Morgan fingerprint density at radius 2 is 2.03 bits per heavy atom. The van der Waals surface area contributed by atoms with E-state index in [9.17, 15) is 5.11 Å². The number of fused-ring (bicyclic) bond motifs is 2. The topological polar surface area (TPSA) is 76.1 Å². The predicted molar refractivity (Wildman–Crippen MR) is 132 cm³/mol. The molecule has 2 N–H and O–H groups in total. The molecule has 34 heavy (non-hydrogen) atoms. The zero-order valence-corrected chi connectivity index (χ0v) is 19.7. The van der Waals surface area contributed by atoms with Crippen LogP contribution in [-0.2, 0) is 6.54 Å². The number of rotatable bonds is 8. The van der Waals surface area contributed by atoms with Gasteiger partial charge in [-0.1, -0.05) is 6.07 Å². The van der Waals surface area contributed by atoms with Crippen LogP contribution in [0.25, 0.3) is 10.9 Å². The first kappa shape index (κ1) is 22.9. The van der Waals surface area contributed by atoms with Gasteiger partial charge in [0.2, 0.25) is 0 Å². The van der Waals surface area contributed by atoms with Gasteiger partial charge in [0.25, 0.3) is 0 Å². The molecule has 2 aliphatic heterocycles. The van der Waals surface area contributed by atoms with Gasteiger partial charge in [0.15, 0.2) is 11.5 Å². The molecule has 0 spiro atoms. The number of hydrogen-bond acceptors (Lipinski definition) is 7. The number of pyridine rings is 1. The quantitative estimate of drug-likeness (QED) is 0.529. The molecule has 3 heterocycles. The minimum Gasteiger partial charge on any atom is -0.497 e. The molecule has 2 atom stereocenters. The lowest BCUT2D eigenvalue weighted by Crippen LogP contribution is -2.41. The molecule has 0 aliphatic carbocycles. The summed E-state index contributed by atoms with van der Waals surface area (Å²) in [5.41, 5.74) is 2.98. The van der Waals surface area contributed by atoms with E-state index < -0.39 is 6.10 Å². The van der Waals surface area contributed by atoms with Crippen molar-refractivity contribution in [3.05, 3.63) is 59.8 Å². The van der Waals surface area contributed by atoms with E-state index in [1.165, 1.54) is 12.0 Å². The highest BCUT2D eigenvalue weighted by molar-refractivity contribution is 5.83. The van der Waals surface area contributed by atoms with Crippen molar-refractivity contribution in [2.45, 2.75) is 25.5 Å². The van der Waals surface area contributed by atoms with Gasteiger partial charge in [-0.25, -0.2) is 0 Å². The van der Waals surface area contributed by atoms with Crippen LogP contribution < -0.4 is 19.5 Å². The Labute approximate surface area is 200 Å². The van der Waals surface area contributed by atoms with Crippen molar-refractivity contribution in [1.29, 1.82) is 0 Å². The summed E-state index contributed by atoms with van der Waals surface area (Å²) >= 11 is 0. The summed E-state index contributed by atoms with van der Waals surface area (Å²) in [5, 5.41) is 15.7. The second kappa shape index (κ2) is 10.6. The molecule has 2 aliphatic rings. The smallest absolute Gasteiger partial charge is 0.161 e. The molecule has 0 saturated carbocycles. The average Bonchev–Trinajstić information content (AvgIpc) is 2.88. The minimum atomic E-state index is -0.568. The Morgan fingerprint density at radius 3 is 2.91 bits per heavy atom. The zero-order valence-electron chi connectivity index (χ0n) is 19.7. The van der Waals surface area contributed by atoms with Crippen LogP contribution in [-0.4, -0.2) is 61.5 Å². The molecule has 0 bridgehead atoms. The first-order valence-electron chi connectivity index (χ1n) is 12.1. The van der Waals surface area contributed by atoms with Crippen molar-refractivity contribution >= 4 is 10.9 Å². The van der Waals surface area contributed by atoms with Crippen molar-refractivity contribution in [2.24, 2.45) is 5.92 Å². The second-order valence-corrected chi connectivity index (χ2v) is 9.18. The van der Waals surface area contributed by atoms with E-state index in [1.807, 2.05) is 30.3 Å². The van der Waals surface area contributed by atoms with Crippen LogP contribution in [0.4, 0.5) is 0 Å². The number of piperidine rings is 1. The maximum atomic E-state index is 11.1. The number of nitrogens with one attached hydrogen (secondary N) is 1. The van der Waals surface area contributed by atoms with Crippen molar-refractivity contribution in [2.75, 3.05) is 46.5 Å². The maximum Gasteiger partial charge on any atom is 0.161 e. The van der Waals surface area contributed by atoms with Crippen molar-refractivity contribution < 1.29 is 19.3 Å². The second-order valence-electron chi connectivity index (χ2n) is 9.18. The van der Waals surface area contributed by atoms with E-state index in [4.69, 9.17) is 14.2 Å². The van der Waals surface area contributed by atoms with Gasteiger partial charge in [0.1, 0.15) is 19.0 Å². The van der Waals surface area contributed by atoms with Gasteiger partial charge in [-0.15, -0.1) is 0 Å². The third kappa shape index (κ3) is 5.27. The summed E-state index contributed by atoms with van der Waals surface area (Å²) in [7, 11) is 1.66. The number of benzene rings is 2. The molecule has 7 heteroatoms. The fourth-order valence-corrected chi connectivity index (χ4v) is 5.01. The molecular formula is C27H33N3O4. The molecule has 0 radical (unpaired) electrons. The molecule has 1 fully saturated rings. The number of aromatic nitrogens is 1. The summed E-state index contributed by atoms with van der Waals surface area (Å²) < 4.78 is 16.7. The van der Waals surface area contributed by atoms with Crippen LogP contribution in [0.1, 0.15) is 30.1 Å². The van der Waals surface area contributed by atoms with E-state index in [2.05, 4.69) is 27.3 Å². The standard InChI is InChI=1S/C27H33N3O4/c1-32-21-5-6-24-23(14-21)22(8-9-29-24)25(31)18-30-10-2-3-20(17-30)16-28-15-19-4-7-26-27(13-19)34-12-11-33-26/h4-9,13-14,20,25,28,31H,2-3,10-12,15-18H2,1H3/t20-,25+/m0/s1. The summed E-state index contributed by atoms with van der Waals surface area (Å²) in [6, 6.07) is 13.9. The first-order valence-corrected chi connectivity index (χ1v) is 12.1. The molecule has 3 aromatic rings. The van der Waals surface area contributed by atoms with E-state index in [0.717, 1.165) is 66.3 Å². The lowest BCUT2D eigenvalue weighted by atomic mass is 9.96. The lowest BCUT2D eigenvalue weighted by molar-refractivity contribution is 0.0849. The number of methoxy groups -OCH3 is 1. The number of aliphatic hydroxyl groups is 1. The molecule has 0 amide bonds. The third-order valence-corrected chi connectivity index (χ3v) is 6.74. The summed E-state index contributed by atoms with van der Waals surface area (Å²) in [6.45, 7) is 5.60. The summed E-state index contributed by atoms with van der Waals surface area (Å²) in [4.78, 5) is 6.82. The molecule has 180 valence electrons. The van der Waals surface area contributed by atoms with Crippen LogP contribution in [0.2, 0.25) is 0 Å².